The van der Waals surface area contributed by atoms with Gasteiger partial charge in [-0.2, -0.15) is 0 Å². The van der Waals surface area contributed by atoms with Gasteiger partial charge < -0.3 is 9.47 Å². The molecule has 1 atom stereocenters. The van der Waals surface area contributed by atoms with Crippen LogP contribution in [0.4, 0.5) is 0 Å². The number of nitrogens with zero attached hydrogens (tertiary/aromatic N) is 1. The maximum absolute atomic E-state index is 12.7. The molecule has 25 heavy (non-hydrogen) atoms. The van der Waals surface area contributed by atoms with Gasteiger partial charge >= 0.3 is 0 Å². The number of benzene rings is 1. The molecule has 1 saturated carbocycles. The monoisotopic (exact) mass is 367 g/mol. The summed E-state index contributed by atoms with van der Waals surface area (Å²) in [6, 6.07) is 6.83. The van der Waals surface area contributed by atoms with Crippen molar-refractivity contribution >= 4 is 10.0 Å². The quantitative estimate of drug-likeness (QED) is 0.739. The molecular formula is C19H29NO4S. The summed E-state index contributed by atoms with van der Waals surface area (Å²) in [4.78, 5) is 0.318. The Morgan fingerprint density at radius 3 is 2.40 bits per heavy atom. The van der Waals surface area contributed by atoms with Crippen LogP contribution in [-0.4, -0.2) is 45.1 Å². The minimum Gasteiger partial charge on any atom is -0.490 e. The summed E-state index contributed by atoms with van der Waals surface area (Å²) in [6.45, 7) is 1.27. The van der Waals surface area contributed by atoms with Crippen molar-refractivity contribution in [1.29, 1.82) is 0 Å². The maximum Gasteiger partial charge on any atom is 0.242 e. The van der Waals surface area contributed by atoms with Gasteiger partial charge in [0.15, 0.2) is 0 Å². The second kappa shape index (κ2) is 8.52. The van der Waals surface area contributed by atoms with E-state index in [9.17, 15) is 8.42 Å². The molecule has 0 N–H and O–H groups in total. The Kier molecular flexibility index (Phi) is 6.36. The van der Waals surface area contributed by atoms with E-state index in [0.717, 1.165) is 44.5 Å². The molecular weight excluding hydrogens is 338 g/mol. The SMILES string of the molecule is CN(CCC1CCCCO1)S(=O)(=O)c1ccc(OC2CCCC2)cc1. The van der Waals surface area contributed by atoms with Crippen LogP contribution in [0.25, 0.3) is 0 Å². The van der Waals surface area contributed by atoms with Crippen molar-refractivity contribution in [2.75, 3.05) is 20.2 Å². The largest absolute Gasteiger partial charge is 0.490 e. The van der Waals surface area contributed by atoms with E-state index < -0.39 is 10.0 Å². The highest BCUT2D eigenvalue weighted by molar-refractivity contribution is 7.89. The third-order valence-corrected chi connectivity index (χ3v) is 7.05. The molecule has 1 heterocycles. The molecule has 1 aromatic carbocycles. The van der Waals surface area contributed by atoms with Gasteiger partial charge in [0.05, 0.1) is 17.1 Å². The van der Waals surface area contributed by atoms with E-state index in [0.29, 0.717) is 11.4 Å². The Morgan fingerprint density at radius 2 is 1.76 bits per heavy atom. The van der Waals surface area contributed by atoms with Crippen molar-refractivity contribution in [3.8, 4) is 5.75 Å². The number of hydrogen-bond donors (Lipinski definition) is 0. The molecule has 6 heteroatoms. The summed E-state index contributed by atoms with van der Waals surface area (Å²) >= 11 is 0. The number of rotatable bonds is 7. The van der Waals surface area contributed by atoms with Crippen molar-refractivity contribution in [1.82, 2.24) is 4.31 Å². The zero-order chi connectivity index (χ0) is 17.7. The summed E-state index contributed by atoms with van der Waals surface area (Å²) in [7, 11) is -1.82. The Labute approximate surface area is 151 Å². The van der Waals surface area contributed by atoms with Gasteiger partial charge in [0.2, 0.25) is 10.0 Å². The first kappa shape index (κ1) is 18.7. The Morgan fingerprint density at radius 1 is 1.08 bits per heavy atom. The van der Waals surface area contributed by atoms with Crippen LogP contribution in [0.3, 0.4) is 0 Å². The van der Waals surface area contributed by atoms with Crippen LogP contribution in [0.15, 0.2) is 29.2 Å². The summed E-state index contributed by atoms with van der Waals surface area (Å²) in [5.41, 5.74) is 0. The lowest BCUT2D eigenvalue weighted by molar-refractivity contribution is 0.00950. The molecule has 0 radical (unpaired) electrons. The van der Waals surface area contributed by atoms with Gasteiger partial charge in [0, 0.05) is 20.2 Å². The topological polar surface area (TPSA) is 55.8 Å². The van der Waals surface area contributed by atoms with Crippen LogP contribution in [0.5, 0.6) is 5.75 Å². The second-order valence-corrected chi connectivity index (χ2v) is 9.14. The van der Waals surface area contributed by atoms with Crippen LogP contribution < -0.4 is 4.74 Å². The smallest absolute Gasteiger partial charge is 0.242 e. The molecule has 0 spiro atoms. The van der Waals surface area contributed by atoms with Gasteiger partial charge in [-0.05, 0) is 75.6 Å². The molecule has 2 fully saturated rings. The van der Waals surface area contributed by atoms with E-state index in [1.54, 1.807) is 31.3 Å². The Bertz CT molecular complexity index is 632. The van der Waals surface area contributed by atoms with Crippen LogP contribution in [-0.2, 0) is 14.8 Å². The number of ether oxygens (including phenoxy) is 2. The van der Waals surface area contributed by atoms with E-state index in [1.165, 1.54) is 23.6 Å². The van der Waals surface area contributed by atoms with Gasteiger partial charge in [-0.25, -0.2) is 12.7 Å². The Balaban J connectivity index is 1.56. The van der Waals surface area contributed by atoms with E-state index in [2.05, 4.69) is 0 Å². The number of hydrogen-bond acceptors (Lipinski definition) is 4. The van der Waals surface area contributed by atoms with E-state index in [1.807, 2.05) is 0 Å². The zero-order valence-corrected chi connectivity index (χ0v) is 15.8. The molecule has 5 nitrogen and oxygen atoms in total. The van der Waals surface area contributed by atoms with E-state index in [-0.39, 0.29) is 12.2 Å². The molecule has 0 bridgehead atoms. The molecule has 1 unspecified atom stereocenters. The minimum atomic E-state index is -3.46. The average molecular weight is 368 g/mol. The highest BCUT2D eigenvalue weighted by atomic mass is 32.2. The summed E-state index contributed by atoms with van der Waals surface area (Å²) < 4.78 is 38.4. The lowest BCUT2D eigenvalue weighted by Crippen LogP contribution is -2.31. The summed E-state index contributed by atoms with van der Waals surface area (Å²) in [5.74, 6) is 0.754. The molecule has 2 aliphatic rings. The molecule has 1 aliphatic carbocycles. The first-order valence-corrected chi connectivity index (χ1v) is 10.8. The third kappa shape index (κ3) is 4.96. The molecule has 0 amide bonds. The van der Waals surface area contributed by atoms with Crippen LogP contribution in [0.2, 0.25) is 0 Å². The zero-order valence-electron chi connectivity index (χ0n) is 15.0. The average Bonchev–Trinajstić information content (AvgIpc) is 3.14. The van der Waals surface area contributed by atoms with E-state index >= 15 is 0 Å². The molecule has 3 rings (SSSR count). The predicted molar refractivity (Wildman–Crippen MR) is 97.3 cm³/mol. The highest BCUT2D eigenvalue weighted by Crippen LogP contribution is 2.26. The maximum atomic E-state index is 12.7. The fourth-order valence-electron chi connectivity index (χ4n) is 3.55. The number of sulfonamides is 1. The van der Waals surface area contributed by atoms with Crippen LogP contribution in [0, 0.1) is 0 Å². The van der Waals surface area contributed by atoms with Gasteiger partial charge in [0.1, 0.15) is 5.75 Å². The predicted octanol–water partition coefficient (Wildman–Crippen LogP) is 3.59. The fraction of sp³-hybridized carbons (Fsp3) is 0.684. The molecule has 0 aromatic heterocycles. The minimum absolute atomic E-state index is 0.189. The lowest BCUT2D eigenvalue weighted by Gasteiger charge is -2.25. The first-order valence-electron chi connectivity index (χ1n) is 9.40. The van der Waals surface area contributed by atoms with Crippen molar-refractivity contribution in [3.63, 3.8) is 0 Å². The molecule has 1 saturated heterocycles. The molecule has 1 aliphatic heterocycles. The summed E-state index contributed by atoms with van der Waals surface area (Å²) in [5, 5.41) is 0. The van der Waals surface area contributed by atoms with Crippen LogP contribution in [0.1, 0.15) is 51.4 Å². The van der Waals surface area contributed by atoms with Gasteiger partial charge in [-0.15, -0.1) is 0 Å². The van der Waals surface area contributed by atoms with Crippen molar-refractivity contribution in [3.05, 3.63) is 24.3 Å². The van der Waals surface area contributed by atoms with Crippen molar-refractivity contribution in [2.24, 2.45) is 0 Å². The standard InChI is InChI=1S/C19H29NO4S/c1-20(14-13-16-6-4-5-15-23-16)25(21,22)19-11-9-18(10-12-19)24-17-7-2-3-8-17/h9-12,16-17H,2-8,13-15H2,1H3. The van der Waals surface area contributed by atoms with Crippen molar-refractivity contribution < 1.29 is 17.9 Å². The lowest BCUT2D eigenvalue weighted by atomic mass is 10.1. The van der Waals surface area contributed by atoms with Gasteiger partial charge in [0.25, 0.3) is 0 Å². The van der Waals surface area contributed by atoms with Crippen LogP contribution >= 0.6 is 0 Å². The van der Waals surface area contributed by atoms with E-state index in [4.69, 9.17) is 9.47 Å². The van der Waals surface area contributed by atoms with Crippen molar-refractivity contribution in [2.45, 2.75) is 68.5 Å². The Hall–Kier alpha value is -1.11. The first-order chi connectivity index (χ1) is 12.1. The normalized spacial score (nSPS) is 22.4. The molecule has 140 valence electrons. The molecule has 1 aromatic rings. The third-order valence-electron chi connectivity index (χ3n) is 5.18. The summed E-state index contributed by atoms with van der Waals surface area (Å²) in [6.07, 6.45) is 9.13. The van der Waals surface area contributed by atoms with Gasteiger partial charge in [-0.1, -0.05) is 0 Å². The second-order valence-electron chi connectivity index (χ2n) is 7.10. The highest BCUT2D eigenvalue weighted by Gasteiger charge is 2.23. The fourth-order valence-corrected chi connectivity index (χ4v) is 4.74. The van der Waals surface area contributed by atoms with Gasteiger partial charge in [-0.3, -0.25) is 0 Å².